The van der Waals surface area contributed by atoms with Gasteiger partial charge in [-0.3, -0.25) is 4.79 Å². The summed E-state index contributed by atoms with van der Waals surface area (Å²) in [5, 5.41) is 9.17. The predicted molar refractivity (Wildman–Crippen MR) is 72.7 cm³/mol. The second kappa shape index (κ2) is 6.03. The first-order valence-corrected chi connectivity index (χ1v) is 6.96. The molecule has 0 amide bonds. The van der Waals surface area contributed by atoms with Crippen molar-refractivity contribution in [3.63, 3.8) is 0 Å². The Labute approximate surface area is 109 Å². The summed E-state index contributed by atoms with van der Waals surface area (Å²) in [6, 6.07) is 8.25. The van der Waals surface area contributed by atoms with Crippen LogP contribution in [-0.4, -0.2) is 11.1 Å². The molecule has 1 N–H and O–H groups in total. The monoisotopic (exact) mass is 246 g/mol. The molecule has 0 spiro atoms. The average Bonchev–Trinajstić information content (AvgIpc) is 2.38. The van der Waals surface area contributed by atoms with Gasteiger partial charge in [-0.2, -0.15) is 0 Å². The number of carboxylic acids is 1. The Hall–Kier alpha value is -1.31. The normalized spacial score (nSPS) is 18.5. The molecule has 0 aliphatic heterocycles. The molecular formula is C16H22O2. The third kappa shape index (κ3) is 3.12. The van der Waals surface area contributed by atoms with Crippen LogP contribution in [0.5, 0.6) is 0 Å². The summed E-state index contributed by atoms with van der Waals surface area (Å²) in [7, 11) is 0. The van der Waals surface area contributed by atoms with Gasteiger partial charge < -0.3 is 5.11 Å². The Bertz CT molecular complexity index is 405. The van der Waals surface area contributed by atoms with Crippen molar-refractivity contribution in [2.75, 3.05) is 0 Å². The Morgan fingerprint density at radius 1 is 1.28 bits per heavy atom. The quantitative estimate of drug-likeness (QED) is 0.867. The van der Waals surface area contributed by atoms with E-state index in [-0.39, 0.29) is 12.3 Å². The fourth-order valence-corrected chi connectivity index (χ4v) is 3.26. The molecule has 0 bridgehead atoms. The minimum absolute atomic E-state index is 0.198. The molecule has 1 saturated carbocycles. The second-order valence-electron chi connectivity index (χ2n) is 5.46. The fourth-order valence-electron chi connectivity index (χ4n) is 3.26. The van der Waals surface area contributed by atoms with Crippen molar-refractivity contribution in [3.05, 3.63) is 35.4 Å². The lowest BCUT2D eigenvalue weighted by Crippen LogP contribution is -2.20. The summed E-state index contributed by atoms with van der Waals surface area (Å²) in [4.78, 5) is 11.1. The molecule has 18 heavy (non-hydrogen) atoms. The molecule has 98 valence electrons. The third-order valence-electron chi connectivity index (χ3n) is 4.20. The fraction of sp³-hybridized carbons (Fsp3) is 0.562. The van der Waals surface area contributed by atoms with E-state index in [0.717, 1.165) is 0 Å². The summed E-state index contributed by atoms with van der Waals surface area (Å²) in [6.07, 6.45) is 6.47. The van der Waals surface area contributed by atoms with E-state index in [4.69, 9.17) is 5.11 Å². The van der Waals surface area contributed by atoms with Crippen LogP contribution >= 0.6 is 0 Å². The van der Waals surface area contributed by atoms with Crippen LogP contribution in [0, 0.1) is 12.8 Å². The summed E-state index contributed by atoms with van der Waals surface area (Å²) in [6.45, 7) is 2.09. The van der Waals surface area contributed by atoms with Gasteiger partial charge in [0.2, 0.25) is 0 Å². The number of hydrogen-bond donors (Lipinski definition) is 1. The second-order valence-corrected chi connectivity index (χ2v) is 5.46. The summed E-state index contributed by atoms with van der Waals surface area (Å²) in [5.41, 5.74) is 2.47. The topological polar surface area (TPSA) is 37.3 Å². The molecule has 1 aliphatic rings. The van der Waals surface area contributed by atoms with Crippen LogP contribution in [-0.2, 0) is 4.79 Å². The van der Waals surface area contributed by atoms with Crippen LogP contribution in [0.2, 0.25) is 0 Å². The lowest BCUT2D eigenvalue weighted by Gasteiger charge is -2.30. The molecule has 1 aromatic carbocycles. The highest BCUT2D eigenvalue weighted by atomic mass is 16.4. The van der Waals surface area contributed by atoms with Crippen molar-refractivity contribution >= 4 is 5.97 Å². The van der Waals surface area contributed by atoms with E-state index in [9.17, 15) is 4.79 Å². The van der Waals surface area contributed by atoms with Crippen molar-refractivity contribution in [1.82, 2.24) is 0 Å². The number of carbonyl (C=O) groups is 1. The molecule has 1 aromatic rings. The predicted octanol–water partition coefficient (Wildman–Crippen LogP) is 4.13. The number of rotatable bonds is 4. The van der Waals surface area contributed by atoms with Gasteiger partial charge in [0.05, 0.1) is 6.42 Å². The molecular weight excluding hydrogens is 224 g/mol. The highest BCUT2D eigenvalue weighted by Crippen LogP contribution is 2.39. The molecule has 1 atom stereocenters. The van der Waals surface area contributed by atoms with E-state index in [0.29, 0.717) is 5.92 Å². The van der Waals surface area contributed by atoms with Gasteiger partial charge in [0, 0.05) is 0 Å². The molecule has 1 fully saturated rings. The first-order chi connectivity index (χ1) is 8.68. The zero-order chi connectivity index (χ0) is 13.0. The molecule has 1 aliphatic carbocycles. The van der Waals surface area contributed by atoms with E-state index in [2.05, 4.69) is 19.1 Å². The van der Waals surface area contributed by atoms with E-state index in [1.165, 1.54) is 43.2 Å². The van der Waals surface area contributed by atoms with Crippen LogP contribution in [0.15, 0.2) is 24.3 Å². The number of aryl methyl sites for hydroxylation is 1. The highest BCUT2D eigenvalue weighted by Gasteiger charge is 2.27. The Balaban J connectivity index is 2.24. The van der Waals surface area contributed by atoms with Gasteiger partial charge in [-0.05, 0) is 42.7 Å². The lowest BCUT2D eigenvalue weighted by atomic mass is 9.74. The van der Waals surface area contributed by atoms with E-state index in [1.54, 1.807) is 0 Å². The largest absolute Gasteiger partial charge is 0.481 e. The van der Waals surface area contributed by atoms with Gasteiger partial charge in [-0.25, -0.2) is 0 Å². The summed E-state index contributed by atoms with van der Waals surface area (Å²) >= 11 is 0. The summed E-state index contributed by atoms with van der Waals surface area (Å²) < 4.78 is 0. The van der Waals surface area contributed by atoms with Crippen LogP contribution in [0.4, 0.5) is 0 Å². The van der Waals surface area contributed by atoms with E-state index < -0.39 is 5.97 Å². The molecule has 0 radical (unpaired) electrons. The zero-order valence-corrected chi connectivity index (χ0v) is 11.1. The van der Waals surface area contributed by atoms with Gasteiger partial charge in [-0.1, -0.05) is 43.5 Å². The van der Waals surface area contributed by atoms with Gasteiger partial charge in [-0.15, -0.1) is 0 Å². The van der Waals surface area contributed by atoms with Crippen LogP contribution in [0.1, 0.15) is 55.6 Å². The van der Waals surface area contributed by atoms with Crippen LogP contribution < -0.4 is 0 Å². The Kier molecular flexibility index (Phi) is 4.40. The minimum Gasteiger partial charge on any atom is -0.481 e. The van der Waals surface area contributed by atoms with Gasteiger partial charge in [0.1, 0.15) is 0 Å². The number of aliphatic carboxylic acids is 1. The molecule has 0 aromatic heterocycles. The highest BCUT2D eigenvalue weighted by molar-refractivity contribution is 5.68. The molecule has 1 unspecified atom stereocenters. The lowest BCUT2D eigenvalue weighted by molar-refractivity contribution is -0.137. The van der Waals surface area contributed by atoms with Crippen molar-refractivity contribution in [2.45, 2.75) is 51.4 Å². The molecule has 0 saturated heterocycles. The van der Waals surface area contributed by atoms with Gasteiger partial charge >= 0.3 is 5.97 Å². The smallest absolute Gasteiger partial charge is 0.303 e. The maximum atomic E-state index is 11.1. The molecule has 2 nitrogen and oxygen atoms in total. The maximum Gasteiger partial charge on any atom is 0.303 e. The number of hydrogen-bond acceptors (Lipinski definition) is 1. The van der Waals surface area contributed by atoms with E-state index >= 15 is 0 Å². The SMILES string of the molecule is Cc1ccccc1C(CC(=O)O)C1CCCCC1. The number of benzene rings is 1. The van der Waals surface area contributed by atoms with E-state index in [1.807, 2.05) is 12.1 Å². The Morgan fingerprint density at radius 3 is 2.56 bits per heavy atom. The number of carboxylic acid groups (broad SMARTS) is 1. The van der Waals surface area contributed by atoms with Crippen molar-refractivity contribution in [3.8, 4) is 0 Å². The maximum absolute atomic E-state index is 11.1. The first-order valence-electron chi connectivity index (χ1n) is 6.96. The molecule has 2 heteroatoms. The summed E-state index contributed by atoms with van der Waals surface area (Å²) in [5.74, 6) is 0.0776. The Morgan fingerprint density at radius 2 is 1.94 bits per heavy atom. The van der Waals surface area contributed by atoms with Crippen molar-refractivity contribution in [1.29, 1.82) is 0 Å². The average molecular weight is 246 g/mol. The minimum atomic E-state index is -0.672. The molecule has 0 heterocycles. The van der Waals surface area contributed by atoms with Gasteiger partial charge in [0.15, 0.2) is 0 Å². The van der Waals surface area contributed by atoms with Crippen LogP contribution in [0.25, 0.3) is 0 Å². The zero-order valence-electron chi connectivity index (χ0n) is 11.1. The van der Waals surface area contributed by atoms with Gasteiger partial charge in [0.25, 0.3) is 0 Å². The molecule has 2 rings (SSSR count). The van der Waals surface area contributed by atoms with Crippen molar-refractivity contribution < 1.29 is 9.90 Å². The van der Waals surface area contributed by atoms with Crippen LogP contribution in [0.3, 0.4) is 0 Å². The standard InChI is InChI=1S/C16H22O2/c1-12-7-5-6-10-14(12)15(11-16(17)18)13-8-3-2-4-9-13/h5-7,10,13,15H,2-4,8-9,11H2,1H3,(H,17,18). The van der Waals surface area contributed by atoms with Crippen molar-refractivity contribution in [2.24, 2.45) is 5.92 Å². The first kappa shape index (κ1) is 13.1. The third-order valence-corrected chi connectivity index (χ3v) is 4.20.